The molecule has 0 bridgehead atoms. The zero-order chi connectivity index (χ0) is 10.3. The quantitative estimate of drug-likeness (QED) is 0.794. The summed E-state index contributed by atoms with van der Waals surface area (Å²) < 4.78 is 1.71. The second kappa shape index (κ2) is 3.08. The molecule has 0 atom stereocenters. The summed E-state index contributed by atoms with van der Waals surface area (Å²) in [5.74, 6) is 0.00333. The number of carbonyl (C=O) groups is 1. The number of nitrogens with zero attached hydrogens (tertiary/aromatic N) is 2. The highest BCUT2D eigenvalue weighted by atomic mass is 16.1. The Morgan fingerprint density at radius 2 is 2.33 bits per heavy atom. The van der Waals surface area contributed by atoms with Crippen LogP contribution in [0.4, 0.5) is 0 Å². The summed E-state index contributed by atoms with van der Waals surface area (Å²) in [5, 5.41) is 7.07. The maximum Gasteiger partial charge on any atom is 0.253 e. The molecule has 1 fully saturated rings. The Bertz CT molecular complexity index is 513. The molecular formula is C11H11N3O. The van der Waals surface area contributed by atoms with Crippen molar-refractivity contribution in [3.8, 4) is 0 Å². The van der Waals surface area contributed by atoms with E-state index in [1.54, 1.807) is 10.7 Å². The molecule has 1 aliphatic rings. The van der Waals surface area contributed by atoms with E-state index in [0.717, 1.165) is 18.4 Å². The summed E-state index contributed by atoms with van der Waals surface area (Å²) in [6, 6.07) is 5.90. The first kappa shape index (κ1) is 8.47. The van der Waals surface area contributed by atoms with E-state index in [9.17, 15) is 4.79 Å². The zero-order valence-corrected chi connectivity index (χ0v) is 8.18. The van der Waals surface area contributed by atoms with Crippen LogP contribution in [0.1, 0.15) is 23.2 Å². The van der Waals surface area contributed by atoms with Gasteiger partial charge in [-0.3, -0.25) is 4.79 Å². The lowest BCUT2D eigenvalue weighted by Crippen LogP contribution is -2.25. The monoisotopic (exact) mass is 201 g/mol. The van der Waals surface area contributed by atoms with Crippen molar-refractivity contribution in [1.82, 2.24) is 14.9 Å². The van der Waals surface area contributed by atoms with Gasteiger partial charge in [0.15, 0.2) is 0 Å². The van der Waals surface area contributed by atoms with E-state index in [1.807, 2.05) is 24.4 Å². The average Bonchev–Trinajstić information content (AvgIpc) is 2.93. The Kier molecular flexibility index (Phi) is 1.74. The third kappa shape index (κ3) is 1.48. The first-order valence-electron chi connectivity index (χ1n) is 5.08. The number of rotatable bonds is 2. The Balaban J connectivity index is 2.01. The fourth-order valence-electron chi connectivity index (χ4n) is 1.64. The number of pyridine rings is 1. The molecule has 0 aliphatic heterocycles. The summed E-state index contributed by atoms with van der Waals surface area (Å²) in [5.41, 5.74) is 1.55. The molecule has 3 rings (SSSR count). The van der Waals surface area contributed by atoms with E-state index in [1.165, 1.54) is 0 Å². The summed E-state index contributed by atoms with van der Waals surface area (Å²) in [6.07, 6.45) is 5.74. The van der Waals surface area contributed by atoms with E-state index in [-0.39, 0.29) is 5.91 Å². The zero-order valence-electron chi connectivity index (χ0n) is 8.18. The topological polar surface area (TPSA) is 46.4 Å². The number of fused-ring (bicyclic) bond motifs is 1. The van der Waals surface area contributed by atoms with Crippen LogP contribution in [0.3, 0.4) is 0 Å². The van der Waals surface area contributed by atoms with Crippen LogP contribution in [0.25, 0.3) is 5.52 Å². The number of amides is 1. The summed E-state index contributed by atoms with van der Waals surface area (Å²) in [7, 11) is 0. The Morgan fingerprint density at radius 3 is 3.13 bits per heavy atom. The van der Waals surface area contributed by atoms with Crippen molar-refractivity contribution in [2.45, 2.75) is 18.9 Å². The van der Waals surface area contributed by atoms with Crippen molar-refractivity contribution < 1.29 is 4.79 Å². The second-order valence-electron chi connectivity index (χ2n) is 3.83. The van der Waals surface area contributed by atoms with E-state index >= 15 is 0 Å². The maximum absolute atomic E-state index is 11.9. The molecule has 2 heterocycles. The van der Waals surface area contributed by atoms with Gasteiger partial charge >= 0.3 is 0 Å². The highest BCUT2D eigenvalue weighted by molar-refractivity contribution is 6.00. The molecule has 15 heavy (non-hydrogen) atoms. The minimum absolute atomic E-state index is 0.00333. The van der Waals surface area contributed by atoms with Crippen LogP contribution < -0.4 is 5.32 Å². The predicted molar refractivity (Wildman–Crippen MR) is 55.7 cm³/mol. The van der Waals surface area contributed by atoms with Crippen LogP contribution in [0.2, 0.25) is 0 Å². The van der Waals surface area contributed by atoms with Gasteiger partial charge in [0.2, 0.25) is 0 Å². The fraction of sp³-hybridized carbons (Fsp3) is 0.273. The number of nitrogens with one attached hydrogen (secondary N) is 1. The number of hydrogen-bond donors (Lipinski definition) is 1. The van der Waals surface area contributed by atoms with E-state index in [2.05, 4.69) is 10.4 Å². The van der Waals surface area contributed by atoms with Crippen molar-refractivity contribution in [2.24, 2.45) is 0 Å². The van der Waals surface area contributed by atoms with Gasteiger partial charge in [0.1, 0.15) is 0 Å². The average molecular weight is 201 g/mol. The molecule has 1 amide bonds. The van der Waals surface area contributed by atoms with Gasteiger partial charge in [0.05, 0.1) is 17.3 Å². The smallest absolute Gasteiger partial charge is 0.253 e. The van der Waals surface area contributed by atoms with Crippen LogP contribution in [-0.2, 0) is 0 Å². The molecule has 0 saturated heterocycles. The molecule has 1 N–H and O–H groups in total. The van der Waals surface area contributed by atoms with Gasteiger partial charge in [-0.2, -0.15) is 5.10 Å². The third-order valence-corrected chi connectivity index (χ3v) is 2.59. The van der Waals surface area contributed by atoms with Gasteiger partial charge in [-0.05, 0) is 31.0 Å². The Labute approximate surface area is 86.9 Å². The van der Waals surface area contributed by atoms with Crippen molar-refractivity contribution in [3.63, 3.8) is 0 Å². The van der Waals surface area contributed by atoms with Gasteiger partial charge < -0.3 is 5.32 Å². The van der Waals surface area contributed by atoms with Gasteiger partial charge in [0.25, 0.3) is 5.91 Å². The molecule has 1 aliphatic carbocycles. The van der Waals surface area contributed by atoms with Crippen molar-refractivity contribution in [3.05, 3.63) is 36.2 Å². The predicted octanol–water partition coefficient (Wildman–Crippen LogP) is 1.23. The summed E-state index contributed by atoms with van der Waals surface area (Å²) >= 11 is 0. The Hall–Kier alpha value is -1.84. The lowest BCUT2D eigenvalue weighted by molar-refractivity contribution is 0.0952. The normalized spacial score (nSPS) is 15.5. The van der Waals surface area contributed by atoms with E-state index in [4.69, 9.17) is 0 Å². The minimum Gasteiger partial charge on any atom is -0.349 e. The molecular weight excluding hydrogens is 190 g/mol. The van der Waals surface area contributed by atoms with Crippen LogP contribution in [0, 0.1) is 0 Å². The van der Waals surface area contributed by atoms with Gasteiger partial charge in [0, 0.05) is 12.2 Å². The third-order valence-electron chi connectivity index (χ3n) is 2.59. The van der Waals surface area contributed by atoms with Gasteiger partial charge in [-0.25, -0.2) is 4.52 Å². The van der Waals surface area contributed by atoms with E-state index in [0.29, 0.717) is 11.6 Å². The molecule has 0 radical (unpaired) electrons. The van der Waals surface area contributed by atoms with Gasteiger partial charge in [-0.15, -0.1) is 0 Å². The van der Waals surface area contributed by atoms with E-state index < -0.39 is 0 Å². The number of carbonyl (C=O) groups excluding carboxylic acids is 1. The molecule has 4 nitrogen and oxygen atoms in total. The Morgan fingerprint density at radius 1 is 1.47 bits per heavy atom. The minimum atomic E-state index is 0.00333. The first-order valence-corrected chi connectivity index (χ1v) is 5.08. The molecule has 0 spiro atoms. The molecule has 1 saturated carbocycles. The second-order valence-corrected chi connectivity index (χ2v) is 3.83. The lowest BCUT2D eigenvalue weighted by atomic mass is 10.2. The first-order chi connectivity index (χ1) is 7.34. The molecule has 76 valence electrons. The summed E-state index contributed by atoms with van der Waals surface area (Å²) in [4.78, 5) is 11.9. The molecule has 2 aromatic rings. The van der Waals surface area contributed by atoms with Crippen LogP contribution in [0.5, 0.6) is 0 Å². The standard InChI is InChI=1S/C11H11N3O/c15-11(13-8-3-4-8)9-2-1-7-14-10(9)5-6-12-14/h1-2,5-8H,3-4H2,(H,13,15). The van der Waals surface area contributed by atoms with Crippen molar-refractivity contribution in [2.75, 3.05) is 0 Å². The molecule has 0 aromatic carbocycles. The highest BCUT2D eigenvalue weighted by Crippen LogP contribution is 2.20. The SMILES string of the molecule is O=C(NC1CC1)c1cccn2nccc12. The largest absolute Gasteiger partial charge is 0.349 e. The van der Waals surface area contributed by atoms with Gasteiger partial charge in [-0.1, -0.05) is 0 Å². The van der Waals surface area contributed by atoms with Crippen molar-refractivity contribution >= 4 is 11.4 Å². The summed E-state index contributed by atoms with van der Waals surface area (Å²) in [6.45, 7) is 0. The number of hydrogen-bond acceptors (Lipinski definition) is 2. The molecule has 4 heteroatoms. The maximum atomic E-state index is 11.9. The number of aromatic nitrogens is 2. The highest BCUT2D eigenvalue weighted by Gasteiger charge is 2.24. The lowest BCUT2D eigenvalue weighted by Gasteiger charge is -2.04. The van der Waals surface area contributed by atoms with Crippen LogP contribution >= 0.6 is 0 Å². The van der Waals surface area contributed by atoms with Crippen LogP contribution in [-0.4, -0.2) is 21.6 Å². The fourth-order valence-corrected chi connectivity index (χ4v) is 1.64. The van der Waals surface area contributed by atoms with Crippen molar-refractivity contribution in [1.29, 1.82) is 0 Å². The molecule has 2 aromatic heterocycles. The van der Waals surface area contributed by atoms with Crippen LogP contribution in [0.15, 0.2) is 30.6 Å². The molecule has 0 unspecified atom stereocenters.